The summed E-state index contributed by atoms with van der Waals surface area (Å²) in [6, 6.07) is 9.36. The Bertz CT molecular complexity index is 1040. The molecule has 2 aromatic rings. The van der Waals surface area contributed by atoms with Crippen molar-refractivity contribution in [3.05, 3.63) is 41.5 Å². The van der Waals surface area contributed by atoms with Crippen LogP contribution in [0.2, 0.25) is 0 Å². The molecule has 0 saturated heterocycles. The van der Waals surface area contributed by atoms with Gasteiger partial charge in [-0.25, -0.2) is 4.79 Å². The number of carbonyl (C=O) groups is 2. The minimum Gasteiger partial charge on any atom is -0.493 e. The van der Waals surface area contributed by atoms with Gasteiger partial charge in [0.2, 0.25) is 5.75 Å². The van der Waals surface area contributed by atoms with Crippen molar-refractivity contribution in [2.24, 2.45) is 5.41 Å². The zero-order valence-corrected chi connectivity index (χ0v) is 19.1. The zero-order valence-electron chi connectivity index (χ0n) is 19.1. The number of methoxy groups -OCH3 is 2. The highest BCUT2D eigenvalue weighted by atomic mass is 16.5. The van der Waals surface area contributed by atoms with Gasteiger partial charge in [0.05, 0.1) is 26.4 Å². The van der Waals surface area contributed by atoms with Crippen molar-refractivity contribution in [2.45, 2.75) is 51.6 Å². The number of carbonyl (C=O) groups excluding carboxylic acids is 1. The Balaban J connectivity index is 1.57. The number of hydrogen-bond acceptors (Lipinski definition) is 6. The molecule has 0 atom stereocenters. The molecule has 1 aliphatic heterocycles. The Hall–Kier alpha value is -3.22. The molecule has 0 spiro atoms. The summed E-state index contributed by atoms with van der Waals surface area (Å²) in [6.07, 6.45) is 6.03. The van der Waals surface area contributed by atoms with Crippen LogP contribution in [0.4, 0.5) is 0 Å². The molecule has 1 saturated carbocycles. The van der Waals surface area contributed by atoms with E-state index in [1.54, 1.807) is 20.3 Å². The Kier molecular flexibility index (Phi) is 6.77. The van der Waals surface area contributed by atoms with Crippen molar-refractivity contribution in [1.82, 2.24) is 0 Å². The van der Waals surface area contributed by atoms with Crippen LogP contribution >= 0.6 is 0 Å². The molecule has 1 aliphatic carbocycles. The molecule has 0 aromatic heterocycles. The van der Waals surface area contributed by atoms with Crippen LogP contribution in [0.3, 0.4) is 0 Å². The molecule has 4 rings (SSSR count). The van der Waals surface area contributed by atoms with Crippen molar-refractivity contribution >= 4 is 11.9 Å². The Morgan fingerprint density at radius 2 is 1.79 bits per heavy atom. The first-order valence-electron chi connectivity index (χ1n) is 11.4. The summed E-state index contributed by atoms with van der Waals surface area (Å²) in [7, 11) is 3.18. The van der Waals surface area contributed by atoms with E-state index in [0.29, 0.717) is 35.8 Å². The van der Waals surface area contributed by atoms with Crippen LogP contribution in [0.15, 0.2) is 30.3 Å². The van der Waals surface area contributed by atoms with Crippen molar-refractivity contribution in [2.75, 3.05) is 20.8 Å². The number of aliphatic carboxylic acids is 1. The molecular weight excluding hydrogens is 424 g/mol. The number of fused-ring (bicyclic) bond motifs is 1. The second kappa shape index (κ2) is 9.73. The average Bonchev–Trinajstić information content (AvgIpc) is 3.49. The van der Waals surface area contributed by atoms with Gasteiger partial charge >= 0.3 is 11.9 Å². The highest BCUT2D eigenvalue weighted by Crippen LogP contribution is 2.52. The summed E-state index contributed by atoms with van der Waals surface area (Å²) in [5.41, 5.74) is 3.26. The molecule has 1 fully saturated rings. The summed E-state index contributed by atoms with van der Waals surface area (Å²) in [5.74, 6) is 0.651. The van der Waals surface area contributed by atoms with Gasteiger partial charge in [0.25, 0.3) is 0 Å². The standard InChI is InChI=1S/C26H30O7/c1-30-21-11-10-18(17-7-6-8-19-20(17)15-32-25(19)29)23(24(21)31-2)33-16-26(13-14-26)12-5-3-4-9-22(27)28/h6-8,10-11H,3-5,9,12-16H2,1-2H3,(H,27,28). The number of cyclic esters (lactones) is 1. The molecule has 7 nitrogen and oxygen atoms in total. The number of benzene rings is 2. The van der Waals surface area contributed by atoms with Crippen LogP contribution in [0.5, 0.6) is 17.2 Å². The van der Waals surface area contributed by atoms with E-state index in [-0.39, 0.29) is 24.4 Å². The summed E-state index contributed by atoms with van der Waals surface area (Å²) >= 11 is 0. The van der Waals surface area contributed by atoms with Gasteiger partial charge in [-0.15, -0.1) is 0 Å². The largest absolute Gasteiger partial charge is 0.493 e. The van der Waals surface area contributed by atoms with Crippen molar-refractivity contribution < 1.29 is 33.6 Å². The molecule has 1 heterocycles. The monoisotopic (exact) mass is 454 g/mol. The van der Waals surface area contributed by atoms with E-state index in [0.717, 1.165) is 48.8 Å². The number of ether oxygens (including phenoxy) is 4. The third kappa shape index (κ3) is 4.92. The predicted molar refractivity (Wildman–Crippen MR) is 122 cm³/mol. The van der Waals surface area contributed by atoms with Crippen molar-refractivity contribution in [1.29, 1.82) is 0 Å². The van der Waals surface area contributed by atoms with Crippen molar-refractivity contribution in [3.63, 3.8) is 0 Å². The van der Waals surface area contributed by atoms with Gasteiger partial charge in [0.1, 0.15) is 6.61 Å². The number of hydrogen-bond donors (Lipinski definition) is 1. The normalized spacial score (nSPS) is 15.5. The number of rotatable bonds is 12. The van der Waals surface area contributed by atoms with E-state index < -0.39 is 5.97 Å². The molecule has 0 amide bonds. The average molecular weight is 455 g/mol. The summed E-state index contributed by atoms with van der Waals surface area (Å²) in [4.78, 5) is 22.8. The molecule has 1 N–H and O–H groups in total. The Labute approximate surface area is 193 Å². The molecule has 0 bridgehead atoms. The first-order chi connectivity index (χ1) is 16.0. The molecule has 33 heavy (non-hydrogen) atoms. The fourth-order valence-corrected chi connectivity index (χ4v) is 4.48. The SMILES string of the molecule is COc1ccc(-c2cccc3c2COC3=O)c(OCC2(CCCCCC(=O)O)CC2)c1OC. The van der Waals surface area contributed by atoms with Gasteiger partial charge in [0, 0.05) is 23.0 Å². The second-order valence-corrected chi connectivity index (χ2v) is 8.83. The van der Waals surface area contributed by atoms with E-state index in [1.807, 2.05) is 24.3 Å². The topological polar surface area (TPSA) is 91.3 Å². The van der Waals surface area contributed by atoms with E-state index in [2.05, 4.69) is 0 Å². The first-order valence-corrected chi connectivity index (χ1v) is 11.4. The van der Waals surface area contributed by atoms with Gasteiger partial charge in [-0.3, -0.25) is 4.79 Å². The summed E-state index contributed by atoms with van der Waals surface area (Å²) in [6.45, 7) is 0.783. The smallest absolute Gasteiger partial charge is 0.338 e. The number of carboxylic acid groups (broad SMARTS) is 1. The molecule has 2 aromatic carbocycles. The van der Waals surface area contributed by atoms with Gasteiger partial charge in [-0.05, 0) is 49.4 Å². The number of carboxylic acids is 1. The van der Waals surface area contributed by atoms with Crippen LogP contribution in [0.1, 0.15) is 60.9 Å². The van der Waals surface area contributed by atoms with Crippen LogP contribution in [-0.4, -0.2) is 37.9 Å². The highest BCUT2D eigenvalue weighted by Gasteiger charge is 2.43. The van der Waals surface area contributed by atoms with Gasteiger partial charge in [-0.1, -0.05) is 25.0 Å². The van der Waals surface area contributed by atoms with Crippen LogP contribution in [0.25, 0.3) is 11.1 Å². The lowest BCUT2D eigenvalue weighted by molar-refractivity contribution is -0.137. The van der Waals surface area contributed by atoms with Gasteiger partial charge < -0.3 is 24.1 Å². The molecule has 7 heteroatoms. The lowest BCUT2D eigenvalue weighted by Crippen LogP contribution is -2.14. The summed E-state index contributed by atoms with van der Waals surface area (Å²) in [5, 5.41) is 8.81. The second-order valence-electron chi connectivity index (χ2n) is 8.83. The van der Waals surface area contributed by atoms with Gasteiger partial charge in [0.15, 0.2) is 11.5 Å². The van der Waals surface area contributed by atoms with E-state index >= 15 is 0 Å². The number of esters is 1. The van der Waals surface area contributed by atoms with E-state index in [1.165, 1.54) is 0 Å². The number of unbranched alkanes of at least 4 members (excludes halogenated alkanes) is 2. The molecule has 2 aliphatic rings. The maximum absolute atomic E-state index is 12.1. The summed E-state index contributed by atoms with van der Waals surface area (Å²) < 4.78 is 22.9. The Morgan fingerprint density at radius 1 is 1.00 bits per heavy atom. The fourth-order valence-electron chi connectivity index (χ4n) is 4.48. The van der Waals surface area contributed by atoms with E-state index in [4.69, 9.17) is 24.1 Å². The lowest BCUT2D eigenvalue weighted by Gasteiger charge is -2.22. The van der Waals surface area contributed by atoms with Crippen LogP contribution in [0, 0.1) is 5.41 Å². The fraction of sp³-hybridized carbons (Fsp3) is 0.462. The third-order valence-corrected chi connectivity index (χ3v) is 6.61. The van der Waals surface area contributed by atoms with E-state index in [9.17, 15) is 9.59 Å². The lowest BCUT2D eigenvalue weighted by atomic mass is 9.95. The minimum atomic E-state index is -0.739. The minimum absolute atomic E-state index is 0.117. The van der Waals surface area contributed by atoms with Crippen molar-refractivity contribution in [3.8, 4) is 28.4 Å². The molecular formula is C26H30O7. The molecule has 176 valence electrons. The maximum Gasteiger partial charge on any atom is 0.338 e. The van der Waals surface area contributed by atoms with Crippen LogP contribution < -0.4 is 14.2 Å². The zero-order chi connectivity index (χ0) is 23.4. The first kappa shape index (κ1) is 23.0. The van der Waals surface area contributed by atoms with Gasteiger partial charge in [-0.2, -0.15) is 0 Å². The molecule has 0 unspecified atom stereocenters. The highest BCUT2D eigenvalue weighted by molar-refractivity contribution is 5.96. The molecule has 0 radical (unpaired) electrons. The predicted octanol–water partition coefficient (Wildman–Crippen LogP) is 5.24. The third-order valence-electron chi connectivity index (χ3n) is 6.61. The Morgan fingerprint density at radius 3 is 2.48 bits per heavy atom. The van der Waals surface area contributed by atoms with Crippen LogP contribution in [-0.2, 0) is 16.1 Å². The quantitative estimate of drug-likeness (QED) is 0.347. The maximum atomic E-state index is 12.1.